The summed E-state index contributed by atoms with van der Waals surface area (Å²) in [4.78, 5) is 14.2. The minimum Gasteiger partial charge on any atom is -0.465 e. The van der Waals surface area contributed by atoms with Crippen molar-refractivity contribution in [3.05, 3.63) is 0 Å². The van der Waals surface area contributed by atoms with Crippen molar-refractivity contribution in [2.75, 3.05) is 27.2 Å². The number of carbonyl (C=O) groups excluding carboxylic acids is 1. The number of carbonyl (C=O) groups is 1. The van der Waals surface area contributed by atoms with Gasteiger partial charge in [0.1, 0.15) is 0 Å². The van der Waals surface area contributed by atoms with Crippen LogP contribution in [-0.4, -0.2) is 49.2 Å². The highest BCUT2D eigenvalue weighted by Gasteiger charge is 2.36. The molecule has 0 aromatic carbocycles. The molecule has 0 aliphatic carbocycles. The van der Waals surface area contributed by atoms with Gasteiger partial charge in [-0.2, -0.15) is 0 Å². The predicted octanol–water partition coefficient (Wildman–Crippen LogP) is 0.962. The molecule has 0 fully saturated rings. The largest absolute Gasteiger partial charge is 0.465 e. The molecule has 0 radical (unpaired) electrons. The fraction of sp³-hybridized carbons (Fsp3) is 0.929. The molecule has 1 unspecified atom stereocenters. The van der Waals surface area contributed by atoms with Crippen molar-refractivity contribution in [1.82, 2.24) is 4.90 Å². The van der Waals surface area contributed by atoms with Crippen LogP contribution in [0.4, 0.5) is 0 Å². The highest BCUT2D eigenvalue weighted by molar-refractivity contribution is 5.74. The van der Waals surface area contributed by atoms with Crippen molar-refractivity contribution >= 4 is 5.97 Å². The standard InChI is InChI=1S/C14H31N3O2/c1-13(2,15)10-11(14(3,4)16)12(18)19-9-7-8-17(5)6/h11H,7-10,15-16H2,1-6H3. The maximum Gasteiger partial charge on any atom is 0.310 e. The van der Waals surface area contributed by atoms with Gasteiger partial charge >= 0.3 is 5.97 Å². The van der Waals surface area contributed by atoms with Crippen LogP contribution in [0.2, 0.25) is 0 Å². The zero-order valence-corrected chi connectivity index (χ0v) is 13.3. The second-order valence-electron chi connectivity index (χ2n) is 6.89. The van der Waals surface area contributed by atoms with E-state index in [0.717, 1.165) is 13.0 Å². The third kappa shape index (κ3) is 8.97. The van der Waals surface area contributed by atoms with Gasteiger partial charge < -0.3 is 21.1 Å². The van der Waals surface area contributed by atoms with E-state index in [1.54, 1.807) is 0 Å². The molecular weight excluding hydrogens is 242 g/mol. The quantitative estimate of drug-likeness (QED) is 0.508. The maximum atomic E-state index is 12.1. The number of nitrogens with two attached hydrogens (primary N) is 2. The Morgan fingerprint density at radius 1 is 1.21 bits per heavy atom. The molecule has 0 rings (SSSR count). The van der Waals surface area contributed by atoms with Crippen molar-refractivity contribution in [2.24, 2.45) is 17.4 Å². The molecule has 0 bridgehead atoms. The first-order chi connectivity index (χ1) is 8.43. The normalized spacial score (nSPS) is 14.6. The van der Waals surface area contributed by atoms with E-state index >= 15 is 0 Å². The van der Waals surface area contributed by atoms with Crippen LogP contribution < -0.4 is 11.5 Å². The lowest BCUT2D eigenvalue weighted by molar-refractivity contribution is -0.151. The van der Waals surface area contributed by atoms with Gasteiger partial charge in [0.05, 0.1) is 12.5 Å². The molecular formula is C14H31N3O2. The Morgan fingerprint density at radius 2 is 1.74 bits per heavy atom. The third-order valence-corrected chi connectivity index (χ3v) is 2.91. The Morgan fingerprint density at radius 3 is 2.11 bits per heavy atom. The minimum atomic E-state index is -0.630. The van der Waals surface area contributed by atoms with Gasteiger partial charge in [0, 0.05) is 17.6 Å². The lowest BCUT2D eigenvalue weighted by Crippen LogP contribution is -2.50. The van der Waals surface area contributed by atoms with Gasteiger partial charge in [-0.3, -0.25) is 4.79 Å². The van der Waals surface area contributed by atoms with Crippen LogP contribution in [0.1, 0.15) is 40.5 Å². The first-order valence-corrected chi connectivity index (χ1v) is 6.82. The molecule has 5 heteroatoms. The van der Waals surface area contributed by atoms with Gasteiger partial charge in [0.2, 0.25) is 0 Å². The lowest BCUT2D eigenvalue weighted by Gasteiger charge is -2.33. The third-order valence-electron chi connectivity index (χ3n) is 2.91. The molecule has 5 nitrogen and oxygen atoms in total. The summed E-state index contributed by atoms with van der Waals surface area (Å²) in [6.45, 7) is 8.78. The van der Waals surface area contributed by atoms with Gasteiger partial charge in [-0.15, -0.1) is 0 Å². The molecule has 114 valence electrons. The second kappa shape index (κ2) is 7.22. The van der Waals surface area contributed by atoms with Crippen LogP contribution in [0, 0.1) is 5.92 Å². The summed E-state index contributed by atoms with van der Waals surface area (Å²) in [5.74, 6) is -0.628. The molecule has 4 N–H and O–H groups in total. The van der Waals surface area contributed by atoms with Crippen molar-refractivity contribution in [3.8, 4) is 0 Å². The van der Waals surface area contributed by atoms with E-state index in [1.165, 1.54) is 0 Å². The van der Waals surface area contributed by atoms with Gasteiger partial charge in [0.25, 0.3) is 0 Å². The van der Waals surface area contributed by atoms with Crippen LogP contribution in [0.3, 0.4) is 0 Å². The van der Waals surface area contributed by atoms with E-state index in [9.17, 15) is 4.79 Å². The molecule has 0 aliphatic heterocycles. The van der Waals surface area contributed by atoms with Gasteiger partial charge in [-0.25, -0.2) is 0 Å². The van der Waals surface area contributed by atoms with Crippen LogP contribution in [-0.2, 0) is 9.53 Å². The average molecular weight is 273 g/mol. The monoisotopic (exact) mass is 273 g/mol. The molecule has 0 spiro atoms. The van der Waals surface area contributed by atoms with Crippen molar-refractivity contribution in [1.29, 1.82) is 0 Å². The maximum absolute atomic E-state index is 12.1. The van der Waals surface area contributed by atoms with Crippen molar-refractivity contribution in [2.45, 2.75) is 51.6 Å². The topological polar surface area (TPSA) is 81.6 Å². The molecule has 0 saturated carbocycles. The van der Waals surface area contributed by atoms with E-state index < -0.39 is 11.1 Å². The van der Waals surface area contributed by atoms with Crippen molar-refractivity contribution in [3.63, 3.8) is 0 Å². The summed E-state index contributed by atoms with van der Waals surface area (Å²) in [7, 11) is 3.98. The highest BCUT2D eigenvalue weighted by Crippen LogP contribution is 2.24. The Labute approximate surface area is 117 Å². The summed E-state index contributed by atoms with van der Waals surface area (Å²) >= 11 is 0. The van der Waals surface area contributed by atoms with Crippen LogP contribution in [0.15, 0.2) is 0 Å². The minimum absolute atomic E-state index is 0.246. The Hall–Kier alpha value is -0.650. The zero-order valence-electron chi connectivity index (χ0n) is 13.3. The van der Waals surface area contributed by atoms with Gasteiger partial charge in [0.15, 0.2) is 0 Å². The van der Waals surface area contributed by atoms with Gasteiger partial charge in [-0.05, 0) is 54.6 Å². The first kappa shape index (κ1) is 18.4. The lowest BCUT2D eigenvalue weighted by atomic mass is 9.80. The van der Waals surface area contributed by atoms with Crippen LogP contribution >= 0.6 is 0 Å². The summed E-state index contributed by atoms with van der Waals surface area (Å²) in [6.07, 6.45) is 1.34. The Kier molecular flexibility index (Phi) is 6.97. The smallest absolute Gasteiger partial charge is 0.310 e. The van der Waals surface area contributed by atoms with Crippen LogP contribution in [0.5, 0.6) is 0 Å². The first-order valence-electron chi connectivity index (χ1n) is 6.82. The molecule has 0 heterocycles. The van der Waals surface area contributed by atoms with E-state index in [2.05, 4.69) is 4.90 Å². The molecule has 0 aromatic heterocycles. The molecule has 0 aliphatic rings. The van der Waals surface area contributed by atoms with E-state index in [-0.39, 0.29) is 11.9 Å². The van der Waals surface area contributed by atoms with Crippen molar-refractivity contribution < 1.29 is 9.53 Å². The Balaban J connectivity index is 4.41. The number of ether oxygens (including phenoxy) is 1. The summed E-state index contributed by atoms with van der Waals surface area (Å²) < 4.78 is 5.33. The summed E-state index contributed by atoms with van der Waals surface area (Å²) in [6, 6.07) is 0. The number of hydrogen-bond donors (Lipinski definition) is 2. The van der Waals surface area contributed by atoms with Crippen LogP contribution in [0.25, 0.3) is 0 Å². The Bertz CT molecular complexity index is 277. The molecule has 0 aromatic rings. The fourth-order valence-corrected chi connectivity index (χ4v) is 1.83. The molecule has 0 saturated heterocycles. The van der Waals surface area contributed by atoms with E-state index in [4.69, 9.17) is 16.2 Å². The molecule has 0 amide bonds. The number of nitrogens with zero attached hydrogens (tertiary/aromatic N) is 1. The summed E-state index contributed by atoms with van der Waals surface area (Å²) in [5.41, 5.74) is 11.0. The molecule has 19 heavy (non-hydrogen) atoms. The fourth-order valence-electron chi connectivity index (χ4n) is 1.83. The second-order valence-corrected chi connectivity index (χ2v) is 6.89. The SMILES string of the molecule is CN(C)CCCOC(=O)C(CC(C)(C)N)C(C)(C)N. The number of esters is 1. The van der Waals surface area contributed by atoms with E-state index in [1.807, 2.05) is 41.8 Å². The predicted molar refractivity (Wildman–Crippen MR) is 78.8 cm³/mol. The summed E-state index contributed by atoms with van der Waals surface area (Å²) in [5, 5.41) is 0. The highest BCUT2D eigenvalue weighted by atomic mass is 16.5. The van der Waals surface area contributed by atoms with Gasteiger partial charge in [-0.1, -0.05) is 0 Å². The molecule has 1 atom stereocenters. The number of hydrogen-bond acceptors (Lipinski definition) is 5. The van der Waals surface area contributed by atoms with E-state index in [0.29, 0.717) is 13.0 Å². The average Bonchev–Trinajstić information content (AvgIpc) is 2.17. The zero-order chi connectivity index (χ0) is 15.3. The number of rotatable bonds is 8.